The molecular weight excluding hydrogens is 262 g/mol. The van der Waals surface area contributed by atoms with Crippen molar-refractivity contribution in [2.24, 2.45) is 0 Å². The Morgan fingerprint density at radius 1 is 1.32 bits per heavy atom. The van der Waals surface area contributed by atoms with E-state index in [9.17, 15) is 23.8 Å². The fraction of sp³-hybridized carbons (Fsp3) is 0.417. The molecule has 1 aromatic carbocycles. The molecule has 0 heterocycles. The Bertz CT molecular complexity index is 440. The maximum absolute atomic E-state index is 13.1. The van der Waals surface area contributed by atoms with Crippen molar-refractivity contribution in [1.29, 1.82) is 0 Å². The van der Waals surface area contributed by atoms with Crippen molar-refractivity contribution in [2.45, 2.75) is 25.6 Å². The fourth-order valence-corrected chi connectivity index (χ4v) is 1.48. The highest BCUT2D eigenvalue weighted by Gasteiger charge is 2.24. The van der Waals surface area contributed by atoms with Crippen LogP contribution >= 0.6 is 0 Å². The average Bonchev–Trinajstić information content (AvgIpc) is 2.34. The maximum Gasteiger partial charge on any atom is 0.308 e. The van der Waals surface area contributed by atoms with E-state index in [1.807, 2.05) is 0 Å². The standard InChI is InChI=1S/C12H14F2O5/c1-2-19-10(16)5-9(15)11(17)6-3-7(13)12(18)8(14)4-6/h3-4,9,11,15,17-18H,2,5H2,1H3. The van der Waals surface area contributed by atoms with Crippen LogP contribution in [0.4, 0.5) is 8.78 Å². The summed E-state index contributed by atoms with van der Waals surface area (Å²) >= 11 is 0. The number of aliphatic hydroxyl groups excluding tert-OH is 2. The Morgan fingerprint density at radius 3 is 2.32 bits per heavy atom. The molecule has 0 radical (unpaired) electrons. The second-order valence-corrected chi connectivity index (χ2v) is 3.85. The third-order valence-corrected chi connectivity index (χ3v) is 2.43. The number of rotatable bonds is 5. The summed E-state index contributed by atoms with van der Waals surface area (Å²) in [4.78, 5) is 11.1. The first kappa shape index (κ1) is 15.3. The molecule has 1 rings (SSSR count). The van der Waals surface area contributed by atoms with Gasteiger partial charge in [-0.15, -0.1) is 0 Å². The molecule has 2 atom stereocenters. The molecule has 5 nitrogen and oxygen atoms in total. The van der Waals surface area contributed by atoms with Crippen molar-refractivity contribution >= 4 is 5.97 Å². The predicted molar refractivity (Wildman–Crippen MR) is 60.2 cm³/mol. The van der Waals surface area contributed by atoms with Gasteiger partial charge in [-0.3, -0.25) is 4.79 Å². The minimum Gasteiger partial charge on any atom is -0.503 e. The van der Waals surface area contributed by atoms with Crippen LogP contribution in [0.5, 0.6) is 5.75 Å². The van der Waals surface area contributed by atoms with Crippen LogP contribution in [0.2, 0.25) is 0 Å². The largest absolute Gasteiger partial charge is 0.503 e. The molecule has 19 heavy (non-hydrogen) atoms. The van der Waals surface area contributed by atoms with Crippen molar-refractivity contribution in [3.8, 4) is 5.75 Å². The van der Waals surface area contributed by atoms with Crippen molar-refractivity contribution in [1.82, 2.24) is 0 Å². The number of aliphatic hydroxyl groups is 2. The summed E-state index contributed by atoms with van der Waals surface area (Å²) in [5, 5.41) is 28.1. The lowest BCUT2D eigenvalue weighted by Crippen LogP contribution is -2.23. The lowest BCUT2D eigenvalue weighted by Gasteiger charge is -2.17. The van der Waals surface area contributed by atoms with Crippen molar-refractivity contribution in [3.63, 3.8) is 0 Å². The Labute approximate surface area is 108 Å². The van der Waals surface area contributed by atoms with E-state index >= 15 is 0 Å². The van der Waals surface area contributed by atoms with Crippen molar-refractivity contribution in [3.05, 3.63) is 29.3 Å². The van der Waals surface area contributed by atoms with Gasteiger partial charge in [-0.2, -0.15) is 0 Å². The number of ether oxygens (including phenoxy) is 1. The van der Waals surface area contributed by atoms with Crippen LogP contribution in [-0.4, -0.2) is 34.0 Å². The minimum atomic E-state index is -1.67. The average molecular weight is 276 g/mol. The van der Waals surface area contributed by atoms with Gasteiger partial charge in [0, 0.05) is 0 Å². The van der Waals surface area contributed by atoms with Gasteiger partial charge in [-0.05, 0) is 24.6 Å². The van der Waals surface area contributed by atoms with Crippen LogP contribution in [0.3, 0.4) is 0 Å². The van der Waals surface area contributed by atoms with Crippen LogP contribution < -0.4 is 0 Å². The minimum absolute atomic E-state index is 0.115. The normalized spacial score (nSPS) is 13.9. The highest BCUT2D eigenvalue weighted by Crippen LogP contribution is 2.27. The van der Waals surface area contributed by atoms with E-state index in [-0.39, 0.29) is 12.2 Å². The topological polar surface area (TPSA) is 87.0 Å². The molecule has 0 aliphatic carbocycles. The maximum atomic E-state index is 13.1. The third kappa shape index (κ3) is 3.87. The number of halogens is 2. The molecule has 0 fully saturated rings. The molecule has 7 heteroatoms. The molecule has 0 amide bonds. The van der Waals surface area contributed by atoms with Gasteiger partial charge < -0.3 is 20.1 Å². The second-order valence-electron chi connectivity index (χ2n) is 3.85. The van der Waals surface area contributed by atoms with Crippen LogP contribution in [0.25, 0.3) is 0 Å². The zero-order valence-corrected chi connectivity index (χ0v) is 10.1. The van der Waals surface area contributed by atoms with Crippen LogP contribution in [0.1, 0.15) is 25.0 Å². The molecule has 3 N–H and O–H groups in total. The van der Waals surface area contributed by atoms with E-state index in [0.29, 0.717) is 12.1 Å². The summed E-state index contributed by atoms with van der Waals surface area (Å²) < 4.78 is 30.7. The predicted octanol–water partition coefficient (Wildman–Crippen LogP) is 1.02. The number of hydrogen-bond acceptors (Lipinski definition) is 5. The lowest BCUT2D eigenvalue weighted by atomic mass is 10.0. The quantitative estimate of drug-likeness (QED) is 0.699. The van der Waals surface area contributed by atoms with Crippen molar-refractivity contribution in [2.75, 3.05) is 6.61 Å². The number of carbonyl (C=O) groups is 1. The number of esters is 1. The Hall–Kier alpha value is -1.73. The highest BCUT2D eigenvalue weighted by molar-refractivity contribution is 5.70. The zero-order chi connectivity index (χ0) is 14.6. The molecule has 2 unspecified atom stereocenters. The smallest absolute Gasteiger partial charge is 0.308 e. The van der Waals surface area contributed by atoms with Gasteiger partial charge in [0.1, 0.15) is 6.10 Å². The first-order valence-corrected chi connectivity index (χ1v) is 5.56. The van der Waals surface area contributed by atoms with Gasteiger partial charge in [0.25, 0.3) is 0 Å². The fourth-order valence-electron chi connectivity index (χ4n) is 1.48. The SMILES string of the molecule is CCOC(=O)CC(O)C(O)c1cc(F)c(O)c(F)c1. The van der Waals surface area contributed by atoms with Gasteiger partial charge >= 0.3 is 5.97 Å². The first-order valence-electron chi connectivity index (χ1n) is 5.56. The number of hydrogen-bond donors (Lipinski definition) is 3. The van der Waals surface area contributed by atoms with Gasteiger partial charge in [0.15, 0.2) is 17.4 Å². The number of benzene rings is 1. The van der Waals surface area contributed by atoms with E-state index in [1.165, 1.54) is 0 Å². The van der Waals surface area contributed by atoms with Crippen LogP contribution in [0, 0.1) is 11.6 Å². The van der Waals surface area contributed by atoms with E-state index in [1.54, 1.807) is 6.92 Å². The number of aromatic hydroxyl groups is 1. The monoisotopic (exact) mass is 276 g/mol. The highest BCUT2D eigenvalue weighted by atomic mass is 19.1. The molecule has 0 aliphatic heterocycles. The van der Waals surface area contributed by atoms with E-state index in [0.717, 1.165) is 0 Å². The molecule has 106 valence electrons. The zero-order valence-electron chi connectivity index (χ0n) is 10.1. The van der Waals surface area contributed by atoms with E-state index < -0.39 is 42.0 Å². The van der Waals surface area contributed by atoms with Crippen LogP contribution in [-0.2, 0) is 9.53 Å². The Morgan fingerprint density at radius 2 is 1.84 bits per heavy atom. The molecule has 0 spiro atoms. The van der Waals surface area contributed by atoms with Gasteiger partial charge in [0.05, 0.1) is 19.1 Å². The van der Waals surface area contributed by atoms with Gasteiger partial charge in [0.2, 0.25) is 0 Å². The Kier molecular flexibility index (Phi) is 5.20. The van der Waals surface area contributed by atoms with E-state index in [4.69, 9.17) is 5.11 Å². The second kappa shape index (κ2) is 6.44. The van der Waals surface area contributed by atoms with Gasteiger partial charge in [-0.1, -0.05) is 0 Å². The molecular formula is C12H14F2O5. The molecule has 0 aliphatic rings. The summed E-state index contributed by atoms with van der Waals surface area (Å²) in [6.45, 7) is 1.69. The molecule has 0 aromatic heterocycles. The Balaban J connectivity index is 2.82. The van der Waals surface area contributed by atoms with Crippen LogP contribution in [0.15, 0.2) is 12.1 Å². The van der Waals surface area contributed by atoms with Gasteiger partial charge in [-0.25, -0.2) is 8.78 Å². The number of carbonyl (C=O) groups excluding carboxylic acids is 1. The molecule has 0 saturated carbocycles. The molecule has 0 saturated heterocycles. The first-order chi connectivity index (χ1) is 8.86. The van der Waals surface area contributed by atoms with E-state index in [2.05, 4.69) is 4.74 Å². The summed E-state index contributed by atoms with van der Waals surface area (Å²) in [5.41, 5.74) is -0.287. The van der Waals surface area contributed by atoms with Crippen molar-refractivity contribution < 1.29 is 33.6 Å². The summed E-state index contributed by atoms with van der Waals surface area (Å²) in [6.07, 6.45) is -3.75. The summed E-state index contributed by atoms with van der Waals surface area (Å²) in [6, 6.07) is 1.36. The molecule has 1 aromatic rings. The molecule has 0 bridgehead atoms. The summed E-state index contributed by atoms with van der Waals surface area (Å²) in [7, 11) is 0. The summed E-state index contributed by atoms with van der Waals surface area (Å²) in [5.74, 6) is -4.45. The third-order valence-electron chi connectivity index (χ3n) is 2.43. The number of phenols is 1. The lowest BCUT2D eigenvalue weighted by molar-refractivity contribution is -0.147. The number of phenolic OH excluding ortho intramolecular Hbond substituents is 1.